The molecule has 1 saturated carbocycles. The van der Waals surface area contributed by atoms with Crippen LogP contribution in [0.25, 0.3) is 0 Å². The number of carbonyl (C=O) groups excluding carboxylic acids is 1. The molecule has 0 amide bonds. The van der Waals surface area contributed by atoms with Crippen molar-refractivity contribution in [3.05, 3.63) is 29.3 Å². The first-order valence-corrected chi connectivity index (χ1v) is 10.6. The number of hydrogen-bond acceptors (Lipinski definition) is 4. The van der Waals surface area contributed by atoms with Gasteiger partial charge in [0.05, 0.1) is 7.11 Å². The monoisotopic (exact) mass is 360 g/mol. The quantitative estimate of drug-likeness (QED) is 0.731. The van der Waals surface area contributed by atoms with Crippen molar-refractivity contribution >= 4 is 17.7 Å². The fourth-order valence-electron chi connectivity index (χ4n) is 5.61. The van der Waals surface area contributed by atoms with Crippen LogP contribution in [0.15, 0.2) is 18.2 Å². The maximum absolute atomic E-state index is 11.6. The standard InChI is InChI=1S/C21H28O3S/c1-13(22)24-20-12-25-11-19-18-6-4-14-10-15(23-3)5-7-16(14)17(18)8-9-21(19,20)2/h5,7,10,17-20H,4,6,8-9,11-12H2,1-3H3/t17-,18+,19-,20-,21+/m1/s1. The molecule has 136 valence electrons. The first-order valence-electron chi connectivity index (χ1n) is 9.44. The predicted molar refractivity (Wildman–Crippen MR) is 101 cm³/mol. The van der Waals surface area contributed by atoms with Crippen molar-refractivity contribution in [2.24, 2.45) is 17.3 Å². The van der Waals surface area contributed by atoms with Crippen LogP contribution in [-0.2, 0) is 16.0 Å². The summed E-state index contributed by atoms with van der Waals surface area (Å²) in [6.45, 7) is 3.93. The van der Waals surface area contributed by atoms with Gasteiger partial charge in [-0.3, -0.25) is 4.79 Å². The second kappa shape index (κ2) is 6.53. The maximum Gasteiger partial charge on any atom is 0.302 e. The van der Waals surface area contributed by atoms with Crippen LogP contribution in [0.1, 0.15) is 50.2 Å². The van der Waals surface area contributed by atoms with Gasteiger partial charge in [-0.2, -0.15) is 11.8 Å². The van der Waals surface area contributed by atoms with Crippen LogP contribution in [0.4, 0.5) is 0 Å². The lowest BCUT2D eigenvalue weighted by atomic mass is 9.53. The smallest absolute Gasteiger partial charge is 0.302 e. The van der Waals surface area contributed by atoms with Crippen molar-refractivity contribution in [2.75, 3.05) is 18.6 Å². The molecule has 1 aliphatic heterocycles. The van der Waals surface area contributed by atoms with Crippen molar-refractivity contribution in [1.82, 2.24) is 0 Å². The zero-order valence-corrected chi connectivity index (χ0v) is 16.2. The first kappa shape index (κ1) is 17.3. The molecule has 5 atom stereocenters. The summed E-state index contributed by atoms with van der Waals surface area (Å²) in [6.07, 6.45) is 4.83. The van der Waals surface area contributed by atoms with Gasteiger partial charge in [-0.15, -0.1) is 0 Å². The zero-order valence-electron chi connectivity index (χ0n) is 15.4. The number of hydrogen-bond donors (Lipinski definition) is 0. The van der Waals surface area contributed by atoms with Gasteiger partial charge in [-0.25, -0.2) is 0 Å². The van der Waals surface area contributed by atoms with Gasteiger partial charge in [-0.1, -0.05) is 13.0 Å². The van der Waals surface area contributed by atoms with Crippen LogP contribution in [0, 0.1) is 17.3 Å². The summed E-state index contributed by atoms with van der Waals surface area (Å²) in [5.41, 5.74) is 3.16. The number of aryl methyl sites for hydroxylation is 1. The molecule has 1 saturated heterocycles. The van der Waals surface area contributed by atoms with Crippen molar-refractivity contribution < 1.29 is 14.3 Å². The van der Waals surface area contributed by atoms with Crippen molar-refractivity contribution in [1.29, 1.82) is 0 Å². The molecular formula is C21H28O3S. The Balaban J connectivity index is 1.63. The van der Waals surface area contributed by atoms with E-state index in [0.717, 1.165) is 24.3 Å². The van der Waals surface area contributed by atoms with Crippen LogP contribution in [0.5, 0.6) is 5.75 Å². The van der Waals surface area contributed by atoms with E-state index >= 15 is 0 Å². The Morgan fingerprint density at radius 3 is 2.88 bits per heavy atom. The molecular weight excluding hydrogens is 332 g/mol. The molecule has 4 rings (SSSR count). The van der Waals surface area contributed by atoms with Crippen LogP contribution in [0.3, 0.4) is 0 Å². The van der Waals surface area contributed by atoms with Gasteiger partial charge in [-0.05, 0) is 72.4 Å². The number of benzene rings is 1. The average Bonchev–Trinajstić information content (AvgIpc) is 2.61. The second-order valence-electron chi connectivity index (χ2n) is 8.16. The van der Waals surface area contributed by atoms with E-state index in [-0.39, 0.29) is 17.5 Å². The molecule has 25 heavy (non-hydrogen) atoms. The fourth-order valence-corrected chi connectivity index (χ4v) is 7.29. The zero-order chi connectivity index (χ0) is 17.6. The minimum atomic E-state index is -0.129. The van der Waals surface area contributed by atoms with Crippen LogP contribution < -0.4 is 4.74 Å². The Bertz CT molecular complexity index is 673. The molecule has 3 aliphatic rings. The molecule has 0 aromatic heterocycles. The fraction of sp³-hybridized carbons (Fsp3) is 0.667. The molecule has 0 N–H and O–H groups in total. The summed E-state index contributed by atoms with van der Waals surface area (Å²) in [6, 6.07) is 6.65. The van der Waals surface area contributed by atoms with E-state index in [9.17, 15) is 4.79 Å². The van der Waals surface area contributed by atoms with Crippen molar-refractivity contribution in [3.63, 3.8) is 0 Å². The summed E-state index contributed by atoms with van der Waals surface area (Å²) in [5.74, 6) is 5.02. The summed E-state index contributed by atoms with van der Waals surface area (Å²) in [4.78, 5) is 11.6. The third kappa shape index (κ3) is 2.87. The number of fused-ring (bicyclic) bond motifs is 5. The summed E-state index contributed by atoms with van der Waals surface area (Å²) >= 11 is 1.98. The van der Waals surface area contributed by atoms with Gasteiger partial charge < -0.3 is 9.47 Å². The SMILES string of the molecule is COc1ccc2c(c1)CC[C@H]1[C@@H]2CC[C@@]2(C)[C@@H]1CSC[C@H]2OC(C)=O. The van der Waals surface area contributed by atoms with Crippen LogP contribution >= 0.6 is 11.8 Å². The predicted octanol–water partition coefficient (Wildman–Crippen LogP) is 4.44. The Morgan fingerprint density at radius 1 is 1.28 bits per heavy atom. The normalized spacial score (nSPS) is 36.6. The largest absolute Gasteiger partial charge is 0.497 e. The molecule has 0 bridgehead atoms. The highest BCUT2D eigenvalue weighted by Gasteiger charge is 2.54. The van der Waals surface area contributed by atoms with E-state index in [4.69, 9.17) is 9.47 Å². The topological polar surface area (TPSA) is 35.5 Å². The summed E-state index contributed by atoms with van der Waals surface area (Å²) < 4.78 is 11.2. The van der Waals surface area contributed by atoms with Gasteiger partial charge in [0, 0.05) is 18.1 Å². The lowest BCUT2D eigenvalue weighted by Gasteiger charge is -2.56. The Hall–Kier alpha value is -1.16. The van der Waals surface area contributed by atoms with Gasteiger partial charge >= 0.3 is 5.97 Å². The number of esters is 1. The van der Waals surface area contributed by atoms with Gasteiger partial charge in [0.1, 0.15) is 11.9 Å². The maximum atomic E-state index is 11.6. The minimum Gasteiger partial charge on any atom is -0.497 e. The number of thioether (sulfide) groups is 1. The van der Waals surface area contributed by atoms with E-state index in [1.807, 2.05) is 11.8 Å². The molecule has 1 aromatic carbocycles. The van der Waals surface area contributed by atoms with E-state index in [1.54, 1.807) is 19.6 Å². The molecule has 2 aliphatic carbocycles. The van der Waals surface area contributed by atoms with Crippen LogP contribution in [0.2, 0.25) is 0 Å². The lowest BCUT2D eigenvalue weighted by molar-refractivity contribution is -0.158. The summed E-state index contributed by atoms with van der Waals surface area (Å²) in [5, 5.41) is 0. The minimum absolute atomic E-state index is 0.0759. The number of methoxy groups -OCH3 is 1. The Labute approximate surface area is 154 Å². The lowest BCUT2D eigenvalue weighted by Crippen LogP contribution is -2.54. The first-order chi connectivity index (χ1) is 12.0. The van der Waals surface area contributed by atoms with Crippen molar-refractivity contribution in [2.45, 2.75) is 51.6 Å². The molecule has 1 aromatic rings. The molecule has 0 spiro atoms. The van der Waals surface area contributed by atoms with Gasteiger partial charge in [0.15, 0.2) is 0 Å². The molecule has 1 heterocycles. The molecule has 0 unspecified atom stereocenters. The molecule has 0 radical (unpaired) electrons. The highest BCUT2D eigenvalue weighted by atomic mass is 32.2. The summed E-state index contributed by atoms with van der Waals surface area (Å²) in [7, 11) is 1.74. The average molecular weight is 361 g/mol. The third-order valence-electron chi connectivity index (χ3n) is 6.98. The number of carbonyl (C=O) groups is 1. The molecule has 4 heteroatoms. The Kier molecular flexibility index (Phi) is 4.51. The second-order valence-corrected chi connectivity index (χ2v) is 9.24. The van der Waals surface area contributed by atoms with Gasteiger partial charge in [0.2, 0.25) is 0 Å². The van der Waals surface area contributed by atoms with Gasteiger partial charge in [0.25, 0.3) is 0 Å². The highest BCUT2D eigenvalue weighted by Crippen LogP contribution is 2.59. The van der Waals surface area contributed by atoms with E-state index in [1.165, 1.54) is 24.2 Å². The highest BCUT2D eigenvalue weighted by molar-refractivity contribution is 7.99. The molecule has 3 nitrogen and oxygen atoms in total. The van der Waals surface area contributed by atoms with E-state index < -0.39 is 0 Å². The van der Waals surface area contributed by atoms with E-state index in [2.05, 4.69) is 25.1 Å². The number of ether oxygens (including phenoxy) is 2. The van der Waals surface area contributed by atoms with Crippen LogP contribution in [-0.4, -0.2) is 30.7 Å². The van der Waals surface area contributed by atoms with E-state index in [0.29, 0.717) is 17.8 Å². The van der Waals surface area contributed by atoms with Crippen molar-refractivity contribution in [3.8, 4) is 5.75 Å². The molecule has 2 fully saturated rings. The number of rotatable bonds is 2. The Morgan fingerprint density at radius 2 is 2.12 bits per heavy atom. The third-order valence-corrected chi connectivity index (χ3v) is 8.12.